The van der Waals surface area contributed by atoms with Crippen LogP contribution >= 0.6 is 11.6 Å². The highest BCUT2D eigenvalue weighted by Gasteiger charge is 2.08. The Bertz CT molecular complexity index is 661. The van der Waals surface area contributed by atoms with Crippen molar-refractivity contribution in [3.63, 3.8) is 0 Å². The van der Waals surface area contributed by atoms with E-state index in [9.17, 15) is 0 Å². The van der Waals surface area contributed by atoms with Gasteiger partial charge in [-0.15, -0.1) is 0 Å². The SMILES string of the molecule is CCCc1ccc(OCCNc2ncnc(CCC)c2Cl)c(C)c1. The fourth-order valence-corrected chi connectivity index (χ4v) is 2.85. The summed E-state index contributed by atoms with van der Waals surface area (Å²) in [6.45, 7) is 7.57. The van der Waals surface area contributed by atoms with Gasteiger partial charge in [0.05, 0.1) is 12.2 Å². The van der Waals surface area contributed by atoms with Crippen LogP contribution in [0.2, 0.25) is 5.02 Å². The van der Waals surface area contributed by atoms with Crippen LogP contribution in [0.1, 0.15) is 43.5 Å². The second-order valence-corrected chi connectivity index (χ2v) is 6.24. The number of nitrogens with one attached hydrogen (secondary N) is 1. The van der Waals surface area contributed by atoms with E-state index in [4.69, 9.17) is 16.3 Å². The van der Waals surface area contributed by atoms with Gasteiger partial charge >= 0.3 is 0 Å². The Morgan fingerprint density at radius 2 is 1.92 bits per heavy atom. The molecule has 0 amide bonds. The lowest BCUT2D eigenvalue weighted by molar-refractivity contribution is 0.330. The maximum absolute atomic E-state index is 6.33. The van der Waals surface area contributed by atoms with Crippen LogP contribution in [0.25, 0.3) is 0 Å². The van der Waals surface area contributed by atoms with Crippen molar-refractivity contribution in [3.05, 3.63) is 46.4 Å². The largest absolute Gasteiger partial charge is 0.491 e. The number of aromatic nitrogens is 2. The monoisotopic (exact) mass is 347 g/mol. The predicted molar refractivity (Wildman–Crippen MR) is 100 cm³/mol. The molecule has 0 saturated carbocycles. The van der Waals surface area contributed by atoms with Gasteiger partial charge < -0.3 is 10.1 Å². The fraction of sp³-hybridized carbons (Fsp3) is 0.474. The first-order chi connectivity index (χ1) is 11.7. The van der Waals surface area contributed by atoms with Crippen molar-refractivity contribution in [2.45, 2.75) is 46.5 Å². The summed E-state index contributed by atoms with van der Waals surface area (Å²) < 4.78 is 5.86. The summed E-state index contributed by atoms with van der Waals surface area (Å²) in [6, 6.07) is 6.39. The van der Waals surface area contributed by atoms with E-state index in [1.165, 1.54) is 11.1 Å². The highest BCUT2D eigenvalue weighted by molar-refractivity contribution is 6.33. The molecular weight excluding hydrogens is 322 g/mol. The topological polar surface area (TPSA) is 47.0 Å². The molecule has 0 aliphatic carbocycles. The van der Waals surface area contributed by atoms with Gasteiger partial charge in [-0.1, -0.05) is 50.4 Å². The molecule has 1 aromatic carbocycles. The molecule has 5 heteroatoms. The van der Waals surface area contributed by atoms with Gasteiger partial charge in [-0.3, -0.25) is 0 Å². The number of halogens is 1. The Labute approximate surface area is 149 Å². The standard InChI is InChI=1S/C19H26ClN3O/c1-4-6-15-8-9-17(14(3)12-15)24-11-10-21-19-18(20)16(7-5-2)22-13-23-19/h8-9,12-13H,4-7,10-11H2,1-3H3,(H,21,22,23). The minimum absolute atomic E-state index is 0.553. The summed E-state index contributed by atoms with van der Waals surface area (Å²) in [5.41, 5.74) is 3.42. The number of nitrogens with zero attached hydrogens (tertiary/aromatic N) is 2. The summed E-state index contributed by atoms with van der Waals surface area (Å²) in [5, 5.41) is 3.84. The van der Waals surface area contributed by atoms with Crippen molar-refractivity contribution in [2.24, 2.45) is 0 Å². The number of rotatable bonds is 9. The zero-order chi connectivity index (χ0) is 17.4. The lowest BCUT2D eigenvalue weighted by Crippen LogP contribution is -2.13. The lowest BCUT2D eigenvalue weighted by Gasteiger charge is -2.12. The van der Waals surface area contributed by atoms with Crippen LogP contribution in [0.15, 0.2) is 24.5 Å². The number of anilines is 1. The summed E-state index contributed by atoms with van der Waals surface area (Å²) in [7, 11) is 0. The number of aryl methyl sites for hydroxylation is 3. The van der Waals surface area contributed by atoms with Crippen LogP contribution in [0.5, 0.6) is 5.75 Å². The minimum atomic E-state index is 0.553. The molecule has 0 fully saturated rings. The van der Waals surface area contributed by atoms with E-state index in [0.717, 1.165) is 37.1 Å². The molecule has 1 N–H and O–H groups in total. The van der Waals surface area contributed by atoms with E-state index in [1.54, 1.807) is 6.33 Å². The Morgan fingerprint density at radius 1 is 1.12 bits per heavy atom. The Balaban J connectivity index is 1.86. The van der Waals surface area contributed by atoms with Crippen molar-refractivity contribution < 1.29 is 4.74 Å². The number of hydrogen-bond donors (Lipinski definition) is 1. The third-order valence-electron chi connectivity index (χ3n) is 3.78. The van der Waals surface area contributed by atoms with E-state index in [0.29, 0.717) is 24.0 Å². The summed E-state index contributed by atoms with van der Waals surface area (Å²) in [4.78, 5) is 8.43. The maximum atomic E-state index is 6.33. The zero-order valence-corrected chi connectivity index (χ0v) is 15.5. The van der Waals surface area contributed by atoms with Gasteiger partial charge in [0.2, 0.25) is 0 Å². The molecule has 0 saturated heterocycles. The number of benzene rings is 1. The minimum Gasteiger partial charge on any atom is -0.491 e. The molecule has 0 aliphatic heterocycles. The molecule has 0 radical (unpaired) electrons. The van der Waals surface area contributed by atoms with Gasteiger partial charge in [-0.2, -0.15) is 0 Å². The van der Waals surface area contributed by atoms with Crippen LogP contribution < -0.4 is 10.1 Å². The second kappa shape index (κ2) is 9.48. The smallest absolute Gasteiger partial charge is 0.148 e. The van der Waals surface area contributed by atoms with E-state index in [2.05, 4.69) is 54.3 Å². The van der Waals surface area contributed by atoms with Crippen molar-refractivity contribution >= 4 is 17.4 Å². The maximum Gasteiger partial charge on any atom is 0.148 e. The normalized spacial score (nSPS) is 10.7. The average molecular weight is 348 g/mol. The number of ether oxygens (including phenoxy) is 1. The van der Waals surface area contributed by atoms with Crippen LogP contribution in [0, 0.1) is 6.92 Å². The van der Waals surface area contributed by atoms with Crippen molar-refractivity contribution in [1.82, 2.24) is 9.97 Å². The van der Waals surface area contributed by atoms with E-state index < -0.39 is 0 Å². The van der Waals surface area contributed by atoms with Crippen molar-refractivity contribution in [3.8, 4) is 5.75 Å². The van der Waals surface area contributed by atoms with Gasteiger partial charge in [0.1, 0.15) is 29.5 Å². The van der Waals surface area contributed by atoms with Crippen molar-refractivity contribution in [1.29, 1.82) is 0 Å². The molecule has 24 heavy (non-hydrogen) atoms. The van der Waals surface area contributed by atoms with Crippen LogP contribution in [0.4, 0.5) is 5.82 Å². The summed E-state index contributed by atoms with van der Waals surface area (Å²) >= 11 is 6.33. The molecule has 0 atom stereocenters. The molecule has 1 heterocycles. The fourth-order valence-electron chi connectivity index (χ4n) is 2.59. The van der Waals surface area contributed by atoms with Crippen LogP contribution in [-0.4, -0.2) is 23.1 Å². The Morgan fingerprint density at radius 3 is 2.62 bits per heavy atom. The molecule has 0 bridgehead atoms. The zero-order valence-electron chi connectivity index (χ0n) is 14.7. The summed E-state index contributed by atoms with van der Waals surface area (Å²) in [5.74, 6) is 1.60. The quantitative estimate of drug-likeness (QED) is 0.660. The molecule has 2 rings (SSSR count). The van der Waals surface area contributed by atoms with Gasteiger partial charge in [0, 0.05) is 0 Å². The van der Waals surface area contributed by atoms with Gasteiger partial charge in [0.25, 0.3) is 0 Å². The van der Waals surface area contributed by atoms with Gasteiger partial charge in [0.15, 0.2) is 0 Å². The highest BCUT2D eigenvalue weighted by Crippen LogP contribution is 2.23. The van der Waals surface area contributed by atoms with Crippen LogP contribution in [-0.2, 0) is 12.8 Å². The first-order valence-corrected chi connectivity index (χ1v) is 8.99. The molecule has 4 nitrogen and oxygen atoms in total. The van der Waals surface area contributed by atoms with E-state index >= 15 is 0 Å². The van der Waals surface area contributed by atoms with Gasteiger partial charge in [-0.05, 0) is 37.0 Å². The Kier molecular flexibility index (Phi) is 7.32. The Hall–Kier alpha value is -1.81. The molecule has 1 aromatic heterocycles. The van der Waals surface area contributed by atoms with E-state index in [-0.39, 0.29) is 0 Å². The first-order valence-electron chi connectivity index (χ1n) is 8.61. The predicted octanol–water partition coefficient (Wildman–Crippen LogP) is 4.83. The molecule has 0 spiro atoms. The van der Waals surface area contributed by atoms with E-state index in [1.807, 2.05) is 0 Å². The second-order valence-electron chi connectivity index (χ2n) is 5.86. The average Bonchev–Trinajstić information content (AvgIpc) is 2.57. The van der Waals surface area contributed by atoms with Gasteiger partial charge in [-0.25, -0.2) is 9.97 Å². The molecular formula is C19H26ClN3O. The highest BCUT2D eigenvalue weighted by atomic mass is 35.5. The number of hydrogen-bond acceptors (Lipinski definition) is 4. The van der Waals surface area contributed by atoms with Crippen LogP contribution in [0.3, 0.4) is 0 Å². The molecule has 0 aliphatic rings. The molecule has 0 unspecified atom stereocenters. The lowest BCUT2D eigenvalue weighted by atomic mass is 10.1. The third-order valence-corrected chi connectivity index (χ3v) is 4.18. The third kappa shape index (κ3) is 5.10. The van der Waals surface area contributed by atoms with Crippen molar-refractivity contribution in [2.75, 3.05) is 18.5 Å². The first kappa shape index (κ1) is 18.5. The molecule has 130 valence electrons. The molecule has 2 aromatic rings. The summed E-state index contributed by atoms with van der Waals surface area (Å²) in [6.07, 6.45) is 5.68.